The van der Waals surface area contributed by atoms with E-state index in [2.05, 4.69) is 0 Å². The van der Waals surface area contributed by atoms with Crippen LogP contribution in [0, 0.1) is 0 Å². The van der Waals surface area contributed by atoms with Gasteiger partial charge in [-0.25, -0.2) is 0 Å². The van der Waals surface area contributed by atoms with Gasteiger partial charge in [-0.3, -0.25) is 9.59 Å². The molecule has 9 heavy (non-hydrogen) atoms. The van der Waals surface area contributed by atoms with Crippen molar-refractivity contribution < 1.29 is 14.7 Å². The normalized spacial score (nSPS) is 19.7. The van der Waals surface area contributed by atoms with Crippen molar-refractivity contribution in [1.82, 2.24) is 0 Å². The molecule has 0 saturated heterocycles. The summed E-state index contributed by atoms with van der Waals surface area (Å²) in [6.07, 6.45) is 0.0880. The molecule has 0 heterocycles. The van der Waals surface area contributed by atoms with Gasteiger partial charge in [0.2, 0.25) is 5.78 Å². The van der Waals surface area contributed by atoms with Crippen LogP contribution >= 0.6 is 0 Å². The summed E-state index contributed by atoms with van der Waals surface area (Å²) in [5.74, 6) is -1.61. The molecule has 0 unspecified atom stereocenters. The molecule has 0 aromatic carbocycles. The SMILES string of the molecule is CC1=C(O)C(=O)C(=O)C1. The van der Waals surface area contributed by atoms with E-state index in [9.17, 15) is 9.59 Å². The van der Waals surface area contributed by atoms with Crippen molar-refractivity contribution in [1.29, 1.82) is 0 Å². The molecule has 1 N–H and O–H groups in total. The summed E-state index contributed by atoms with van der Waals surface area (Å²) in [7, 11) is 0. The highest BCUT2D eigenvalue weighted by Gasteiger charge is 2.27. The van der Waals surface area contributed by atoms with E-state index in [1.165, 1.54) is 0 Å². The van der Waals surface area contributed by atoms with Crippen LogP contribution in [-0.2, 0) is 9.59 Å². The lowest BCUT2D eigenvalue weighted by Crippen LogP contribution is -2.07. The molecule has 1 rings (SSSR count). The van der Waals surface area contributed by atoms with Gasteiger partial charge in [0.1, 0.15) is 0 Å². The van der Waals surface area contributed by atoms with E-state index in [0.29, 0.717) is 5.57 Å². The number of aliphatic hydroxyl groups is 1. The second-order valence-electron chi connectivity index (χ2n) is 2.06. The summed E-state index contributed by atoms with van der Waals surface area (Å²) in [6.45, 7) is 1.57. The molecule has 0 aromatic heterocycles. The zero-order valence-electron chi connectivity index (χ0n) is 4.97. The van der Waals surface area contributed by atoms with Crippen molar-refractivity contribution in [3.8, 4) is 0 Å². The molecule has 1 aliphatic rings. The van der Waals surface area contributed by atoms with E-state index in [1.54, 1.807) is 6.92 Å². The Bertz CT molecular complexity index is 210. The molecular weight excluding hydrogens is 120 g/mol. The van der Waals surface area contributed by atoms with E-state index in [1.807, 2.05) is 0 Å². The lowest BCUT2D eigenvalue weighted by Gasteiger charge is -1.84. The fourth-order valence-electron chi connectivity index (χ4n) is 0.731. The van der Waals surface area contributed by atoms with Crippen LogP contribution in [0.25, 0.3) is 0 Å². The Morgan fingerprint density at radius 1 is 1.44 bits per heavy atom. The quantitative estimate of drug-likeness (QED) is 0.477. The Morgan fingerprint density at radius 3 is 2.11 bits per heavy atom. The Balaban J connectivity index is 3.01. The second kappa shape index (κ2) is 1.69. The average Bonchev–Trinajstić information content (AvgIpc) is 1.98. The number of carbonyl (C=O) groups excluding carboxylic acids is 2. The summed E-state index contributed by atoms with van der Waals surface area (Å²) in [5.41, 5.74) is 0.477. The molecule has 3 heteroatoms. The van der Waals surface area contributed by atoms with Gasteiger partial charge in [0.05, 0.1) is 0 Å². The first-order valence-corrected chi connectivity index (χ1v) is 2.59. The van der Waals surface area contributed by atoms with Gasteiger partial charge >= 0.3 is 0 Å². The number of aliphatic hydroxyl groups excluding tert-OH is 1. The van der Waals surface area contributed by atoms with Crippen molar-refractivity contribution in [2.75, 3.05) is 0 Å². The Kier molecular flexibility index (Phi) is 1.12. The van der Waals surface area contributed by atoms with Gasteiger partial charge in [0.25, 0.3) is 5.78 Å². The number of Topliss-reactive ketones (excluding diaryl/α,β-unsaturated/α-hetero) is 2. The molecule has 0 radical (unpaired) electrons. The third-order valence-corrected chi connectivity index (χ3v) is 1.30. The highest BCUT2D eigenvalue weighted by atomic mass is 16.3. The van der Waals surface area contributed by atoms with Crippen LogP contribution in [0.4, 0.5) is 0 Å². The van der Waals surface area contributed by atoms with Crippen LogP contribution in [0.3, 0.4) is 0 Å². The van der Waals surface area contributed by atoms with Crippen molar-refractivity contribution in [3.05, 3.63) is 11.3 Å². The van der Waals surface area contributed by atoms with Gasteiger partial charge in [-0.2, -0.15) is 0 Å². The maximum Gasteiger partial charge on any atom is 0.263 e. The van der Waals surface area contributed by atoms with Gasteiger partial charge in [0, 0.05) is 6.42 Å². The van der Waals surface area contributed by atoms with Crippen molar-refractivity contribution in [3.63, 3.8) is 0 Å². The summed E-state index contributed by atoms with van der Waals surface area (Å²) in [4.78, 5) is 20.9. The predicted molar refractivity (Wildman–Crippen MR) is 30.0 cm³/mol. The predicted octanol–water partition coefficient (Wildman–Crippen LogP) is 0.360. The maximum atomic E-state index is 10.5. The van der Waals surface area contributed by atoms with Crippen LogP contribution in [0.5, 0.6) is 0 Å². The summed E-state index contributed by atoms with van der Waals surface area (Å²) in [6, 6.07) is 0. The molecule has 0 bridgehead atoms. The Morgan fingerprint density at radius 2 is 2.00 bits per heavy atom. The van der Waals surface area contributed by atoms with Gasteiger partial charge in [-0.05, 0) is 12.5 Å². The third-order valence-electron chi connectivity index (χ3n) is 1.30. The van der Waals surface area contributed by atoms with Gasteiger partial charge < -0.3 is 5.11 Å². The molecule has 0 saturated carbocycles. The Hall–Kier alpha value is -1.12. The maximum absolute atomic E-state index is 10.5. The van der Waals surface area contributed by atoms with Crippen molar-refractivity contribution in [2.24, 2.45) is 0 Å². The average molecular weight is 126 g/mol. The fraction of sp³-hybridized carbons (Fsp3) is 0.333. The summed E-state index contributed by atoms with van der Waals surface area (Å²) < 4.78 is 0. The van der Waals surface area contributed by atoms with E-state index < -0.39 is 11.6 Å². The van der Waals surface area contributed by atoms with Gasteiger partial charge in [-0.1, -0.05) is 0 Å². The van der Waals surface area contributed by atoms with E-state index in [4.69, 9.17) is 5.11 Å². The summed E-state index contributed by atoms with van der Waals surface area (Å²) >= 11 is 0. The Labute approximate surface area is 52.0 Å². The molecular formula is C6H6O3. The third kappa shape index (κ3) is 0.740. The van der Waals surface area contributed by atoms with Gasteiger partial charge in [-0.15, -0.1) is 0 Å². The second-order valence-corrected chi connectivity index (χ2v) is 2.06. The monoisotopic (exact) mass is 126 g/mol. The first-order chi connectivity index (χ1) is 4.13. The lowest BCUT2D eigenvalue weighted by molar-refractivity contribution is -0.134. The topological polar surface area (TPSA) is 54.4 Å². The molecule has 0 atom stereocenters. The van der Waals surface area contributed by atoms with E-state index in [-0.39, 0.29) is 12.2 Å². The standard InChI is InChI=1S/C6H6O3/c1-3-2-4(7)6(9)5(3)8/h8H,2H2,1H3. The molecule has 48 valence electrons. The minimum Gasteiger partial charge on any atom is -0.504 e. The largest absolute Gasteiger partial charge is 0.504 e. The smallest absolute Gasteiger partial charge is 0.263 e. The molecule has 0 spiro atoms. The van der Waals surface area contributed by atoms with Crippen LogP contribution < -0.4 is 0 Å². The number of hydrogen-bond acceptors (Lipinski definition) is 3. The molecule has 0 aromatic rings. The van der Waals surface area contributed by atoms with Crippen LogP contribution in [-0.4, -0.2) is 16.7 Å². The molecule has 3 nitrogen and oxygen atoms in total. The number of allylic oxidation sites excluding steroid dienone is 2. The number of ketones is 2. The molecule has 0 amide bonds. The highest BCUT2D eigenvalue weighted by molar-refractivity contribution is 6.45. The van der Waals surface area contributed by atoms with Crippen LogP contribution in [0.15, 0.2) is 11.3 Å². The van der Waals surface area contributed by atoms with E-state index in [0.717, 1.165) is 0 Å². The highest BCUT2D eigenvalue weighted by Crippen LogP contribution is 2.16. The number of carbonyl (C=O) groups is 2. The summed E-state index contributed by atoms with van der Waals surface area (Å²) in [5, 5.41) is 8.75. The first kappa shape index (κ1) is 6.01. The van der Waals surface area contributed by atoms with Crippen molar-refractivity contribution >= 4 is 11.6 Å². The minimum absolute atomic E-state index is 0.0880. The van der Waals surface area contributed by atoms with Gasteiger partial charge in [0.15, 0.2) is 5.76 Å². The number of hydrogen-bond donors (Lipinski definition) is 1. The molecule has 0 fully saturated rings. The van der Waals surface area contributed by atoms with Crippen LogP contribution in [0.2, 0.25) is 0 Å². The van der Waals surface area contributed by atoms with Crippen LogP contribution in [0.1, 0.15) is 13.3 Å². The zero-order chi connectivity index (χ0) is 7.02. The lowest BCUT2D eigenvalue weighted by atomic mass is 10.2. The fourth-order valence-corrected chi connectivity index (χ4v) is 0.731. The zero-order valence-corrected chi connectivity index (χ0v) is 4.97. The van der Waals surface area contributed by atoms with Crippen molar-refractivity contribution in [2.45, 2.75) is 13.3 Å². The van der Waals surface area contributed by atoms with E-state index >= 15 is 0 Å². The number of rotatable bonds is 0. The molecule has 0 aliphatic heterocycles. The minimum atomic E-state index is -0.743. The molecule has 1 aliphatic carbocycles. The first-order valence-electron chi connectivity index (χ1n) is 2.59.